The molecule has 0 atom stereocenters. The predicted molar refractivity (Wildman–Crippen MR) is 68.3 cm³/mol. The second kappa shape index (κ2) is 4.70. The molecule has 0 aliphatic carbocycles. The Bertz CT molecular complexity index is 762. The highest BCUT2D eigenvalue weighted by molar-refractivity contribution is 14.1. The van der Waals surface area contributed by atoms with Gasteiger partial charge in [-0.2, -0.15) is 16.8 Å². The molecule has 0 bridgehead atoms. The number of diazo groups is 1. The SMILES string of the molecule is Cc1cc([N+]#N)c(S(=O)(=O)O)c(S(=O)(=O)O)c1I. The zero-order chi connectivity index (χ0) is 14.3. The molecule has 2 N–H and O–H groups in total. The van der Waals surface area contributed by atoms with Crippen molar-refractivity contribution in [1.29, 1.82) is 5.39 Å². The van der Waals surface area contributed by atoms with Crippen LogP contribution in [0.5, 0.6) is 0 Å². The lowest BCUT2D eigenvalue weighted by Gasteiger charge is -2.06. The molecule has 0 spiro atoms. The number of hydrogen-bond donors (Lipinski definition) is 2. The van der Waals surface area contributed by atoms with Crippen molar-refractivity contribution in [2.24, 2.45) is 0 Å². The third-order valence-corrected chi connectivity index (χ3v) is 5.70. The van der Waals surface area contributed by atoms with Crippen LogP contribution in [0.4, 0.5) is 5.69 Å². The van der Waals surface area contributed by atoms with Gasteiger partial charge in [-0.05, 0) is 35.1 Å². The first-order valence-corrected chi connectivity index (χ1v) is 8.09. The largest absolute Gasteiger partial charge is 0.407 e. The third-order valence-electron chi connectivity index (χ3n) is 1.96. The number of halogens is 1. The molecule has 0 amide bonds. The molecule has 1 rings (SSSR count). The minimum Gasteiger partial charge on any atom is -0.282 e. The van der Waals surface area contributed by atoms with Crippen LogP contribution in [0.25, 0.3) is 4.98 Å². The Labute approximate surface area is 116 Å². The summed E-state index contributed by atoms with van der Waals surface area (Å²) in [4.78, 5) is 0.415. The second-order valence-electron chi connectivity index (χ2n) is 3.23. The zero-order valence-electron chi connectivity index (χ0n) is 8.69. The van der Waals surface area contributed by atoms with Gasteiger partial charge in [0.05, 0.1) is 0 Å². The minimum absolute atomic E-state index is 0.102. The Balaban J connectivity index is 4.14. The van der Waals surface area contributed by atoms with Gasteiger partial charge < -0.3 is 0 Å². The molecule has 0 heterocycles. The van der Waals surface area contributed by atoms with Crippen LogP contribution < -0.4 is 0 Å². The summed E-state index contributed by atoms with van der Waals surface area (Å²) in [5.41, 5.74) is -0.425. The smallest absolute Gasteiger partial charge is 0.282 e. The van der Waals surface area contributed by atoms with E-state index < -0.39 is 35.7 Å². The molecule has 1 aromatic carbocycles. The molecule has 0 aliphatic rings. The Kier molecular flexibility index (Phi) is 3.98. The van der Waals surface area contributed by atoms with Crippen molar-refractivity contribution >= 4 is 48.5 Å². The highest BCUT2D eigenvalue weighted by atomic mass is 127. The molecule has 0 aliphatic heterocycles. The van der Waals surface area contributed by atoms with E-state index >= 15 is 0 Å². The van der Waals surface area contributed by atoms with E-state index in [9.17, 15) is 16.8 Å². The van der Waals surface area contributed by atoms with E-state index in [2.05, 4.69) is 4.98 Å². The number of aryl methyl sites for hydroxylation is 1. The standard InChI is InChI=1S/C7H5IN2O6S2/c1-3-2-4(10-9)6(17(11,12)13)7(5(3)8)18(14,15)16/h2H,1H3,(H-,11,12,13,14,15,16)/p+1. The summed E-state index contributed by atoms with van der Waals surface area (Å²) in [6.07, 6.45) is 0. The van der Waals surface area contributed by atoms with Gasteiger partial charge in [-0.3, -0.25) is 9.11 Å². The van der Waals surface area contributed by atoms with Crippen molar-refractivity contribution in [3.63, 3.8) is 0 Å². The van der Waals surface area contributed by atoms with E-state index in [0.29, 0.717) is 0 Å². The Morgan fingerprint density at radius 3 is 1.94 bits per heavy atom. The molecular formula is C7H6IN2O6S2+. The summed E-state index contributed by atoms with van der Waals surface area (Å²) < 4.78 is 62.6. The van der Waals surface area contributed by atoms with Crippen LogP contribution in [0.2, 0.25) is 0 Å². The van der Waals surface area contributed by atoms with Crippen molar-refractivity contribution in [2.45, 2.75) is 16.7 Å². The van der Waals surface area contributed by atoms with Gasteiger partial charge in [0.15, 0.2) is 4.98 Å². The lowest BCUT2D eigenvalue weighted by Crippen LogP contribution is -2.11. The van der Waals surface area contributed by atoms with E-state index in [-0.39, 0.29) is 9.13 Å². The Hall–Kier alpha value is -0.810. The van der Waals surface area contributed by atoms with E-state index in [4.69, 9.17) is 14.5 Å². The zero-order valence-corrected chi connectivity index (χ0v) is 12.5. The van der Waals surface area contributed by atoms with Crippen LogP contribution in [0, 0.1) is 15.9 Å². The normalized spacial score (nSPS) is 12.2. The van der Waals surface area contributed by atoms with Gasteiger partial charge in [0.25, 0.3) is 10.1 Å². The molecule has 18 heavy (non-hydrogen) atoms. The summed E-state index contributed by atoms with van der Waals surface area (Å²) in [5.74, 6) is 0. The van der Waals surface area contributed by atoms with Crippen LogP contribution in [0.3, 0.4) is 0 Å². The molecule has 0 fully saturated rings. The molecule has 0 unspecified atom stereocenters. The van der Waals surface area contributed by atoms with Crippen LogP contribution in [0.15, 0.2) is 15.9 Å². The Morgan fingerprint density at radius 2 is 1.61 bits per heavy atom. The molecule has 8 nitrogen and oxygen atoms in total. The fourth-order valence-corrected chi connectivity index (χ4v) is 4.78. The van der Waals surface area contributed by atoms with Crippen LogP contribution in [-0.2, 0) is 20.2 Å². The number of benzene rings is 1. The third kappa shape index (κ3) is 2.78. The highest BCUT2D eigenvalue weighted by Crippen LogP contribution is 2.36. The van der Waals surface area contributed by atoms with Gasteiger partial charge in [-0.1, -0.05) is 0 Å². The maximum Gasteiger partial charge on any atom is 0.407 e. The molecule has 98 valence electrons. The molecular weight excluding hydrogens is 399 g/mol. The summed E-state index contributed by atoms with van der Waals surface area (Å²) in [7, 11) is -9.92. The van der Waals surface area contributed by atoms with Gasteiger partial charge in [-0.25, -0.2) is 0 Å². The fraction of sp³-hybridized carbons (Fsp3) is 0.143. The number of nitrogens with zero attached hydrogens (tertiary/aromatic N) is 2. The van der Waals surface area contributed by atoms with Crippen LogP contribution in [0.1, 0.15) is 5.56 Å². The van der Waals surface area contributed by atoms with Crippen molar-refractivity contribution in [1.82, 2.24) is 0 Å². The van der Waals surface area contributed by atoms with Gasteiger partial charge in [0, 0.05) is 9.64 Å². The molecule has 0 saturated carbocycles. The van der Waals surface area contributed by atoms with Gasteiger partial charge in [-0.15, -0.1) is 0 Å². The Morgan fingerprint density at radius 1 is 1.17 bits per heavy atom. The topological polar surface area (TPSA) is 137 Å². The number of rotatable bonds is 2. The lowest BCUT2D eigenvalue weighted by molar-refractivity contribution is 0.466. The predicted octanol–water partition coefficient (Wildman–Crippen LogP) is 1.58. The van der Waals surface area contributed by atoms with Crippen LogP contribution in [-0.4, -0.2) is 25.9 Å². The average molecular weight is 405 g/mol. The molecule has 11 heteroatoms. The molecule has 0 aromatic heterocycles. The maximum absolute atomic E-state index is 11.2. The quantitative estimate of drug-likeness (QED) is 0.433. The second-order valence-corrected chi connectivity index (χ2v) is 7.03. The van der Waals surface area contributed by atoms with Crippen molar-refractivity contribution in [3.05, 3.63) is 20.2 Å². The first-order valence-electron chi connectivity index (χ1n) is 4.13. The average Bonchev–Trinajstić information content (AvgIpc) is 2.17. The number of hydrogen-bond acceptors (Lipinski definition) is 5. The first-order chi connectivity index (χ1) is 8.00. The van der Waals surface area contributed by atoms with Gasteiger partial charge >= 0.3 is 15.8 Å². The van der Waals surface area contributed by atoms with Gasteiger partial charge in [0.2, 0.25) is 10.3 Å². The van der Waals surface area contributed by atoms with E-state index in [0.717, 1.165) is 6.07 Å². The molecule has 0 radical (unpaired) electrons. The summed E-state index contributed by atoms with van der Waals surface area (Å²) in [6.45, 7) is 1.42. The van der Waals surface area contributed by atoms with Gasteiger partial charge in [0.1, 0.15) is 4.90 Å². The lowest BCUT2D eigenvalue weighted by atomic mass is 10.2. The minimum atomic E-state index is -5.00. The van der Waals surface area contributed by atoms with Crippen LogP contribution >= 0.6 is 22.6 Å². The van der Waals surface area contributed by atoms with Crippen molar-refractivity contribution in [2.75, 3.05) is 0 Å². The summed E-state index contributed by atoms with van der Waals surface area (Å²) in [6, 6.07) is 1.06. The molecule has 1 aromatic rings. The van der Waals surface area contributed by atoms with Crippen molar-refractivity contribution < 1.29 is 25.9 Å². The maximum atomic E-state index is 11.2. The summed E-state index contributed by atoms with van der Waals surface area (Å²) >= 11 is 1.49. The molecule has 0 saturated heterocycles. The monoisotopic (exact) mass is 405 g/mol. The highest BCUT2D eigenvalue weighted by Gasteiger charge is 2.37. The van der Waals surface area contributed by atoms with E-state index in [1.54, 1.807) is 0 Å². The van der Waals surface area contributed by atoms with E-state index in [1.807, 2.05) is 0 Å². The fourth-order valence-electron chi connectivity index (χ4n) is 1.28. The summed E-state index contributed by atoms with van der Waals surface area (Å²) in [5, 5.41) is 8.66. The van der Waals surface area contributed by atoms with E-state index in [1.165, 1.54) is 29.5 Å². The first kappa shape index (κ1) is 15.2. The van der Waals surface area contributed by atoms with Crippen molar-refractivity contribution in [3.8, 4) is 0 Å².